The number of primary amides is 1. The van der Waals surface area contributed by atoms with Crippen LogP contribution in [-0.2, 0) is 4.74 Å². The highest BCUT2D eigenvalue weighted by Gasteiger charge is 2.17. The van der Waals surface area contributed by atoms with E-state index in [9.17, 15) is 4.79 Å². The van der Waals surface area contributed by atoms with E-state index in [2.05, 4.69) is 10.3 Å². The summed E-state index contributed by atoms with van der Waals surface area (Å²) in [6.07, 6.45) is 1.57. The quantitative estimate of drug-likeness (QED) is 0.823. The zero-order valence-electron chi connectivity index (χ0n) is 14.5. The third-order valence-corrected chi connectivity index (χ3v) is 3.88. The first-order valence-corrected chi connectivity index (χ1v) is 8.37. The number of rotatable bonds is 6. The van der Waals surface area contributed by atoms with E-state index in [4.69, 9.17) is 19.9 Å². The highest BCUT2D eigenvalue weighted by Crippen LogP contribution is 2.31. The summed E-state index contributed by atoms with van der Waals surface area (Å²) in [7, 11) is 0. The number of carbonyl (C=O) groups excluding carboxylic acids is 1. The molecular weight excluding hydrogens is 322 g/mol. The number of benzene rings is 1. The number of carbonyl (C=O) groups is 1. The van der Waals surface area contributed by atoms with E-state index >= 15 is 0 Å². The van der Waals surface area contributed by atoms with E-state index in [0.717, 1.165) is 23.9 Å². The molecule has 3 N–H and O–H groups in total. The van der Waals surface area contributed by atoms with Crippen LogP contribution in [0.4, 0.5) is 0 Å². The van der Waals surface area contributed by atoms with Gasteiger partial charge in [-0.2, -0.15) is 0 Å². The average Bonchev–Trinajstić information content (AvgIpc) is 2.59. The molecule has 1 unspecified atom stereocenters. The lowest BCUT2D eigenvalue weighted by atomic mass is 10.1. The lowest BCUT2D eigenvalue weighted by Gasteiger charge is -2.23. The van der Waals surface area contributed by atoms with E-state index < -0.39 is 5.91 Å². The molecule has 0 saturated carbocycles. The van der Waals surface area contributed by atoms with Crippen LogP contribution in [0.3, 0.4) is 0 Å². The van der Waals surface area contributed by atoms with Gasteiger partial charge in [-0.3, -0.25) is 4.79 Å². The molecule has 1 aliphatic heterocycles. The maximum atomic E-state index is 11.7. The Kier molecular flexibility index (Phi) is 5.35. The molecule has 0 radical (unpaired) electrons. The van der Waals surface area contributed by atoms with Crippen molar-refractivity contribution in [1.82, 2.24) is 10.3 Å². The number of hydrogen-bond donors (Lipinski definition) is 2. The van der Waals surface area contributed by atoms with Gasteiger partial charge in [-0.05, 0) is 37.4 Å². The molecule has 1 aromatic carbocycles. The van der Waals surface area contributed by atoms with Crippen molar-refractivity contribution in [3.05, 3.63) is 30.0 Å². The molecule has 1 amide bonds. The summed E-state index contributed by atoms with van der Waals surface area (Å²) in [4.78, 5) is 16.1. The highest BCUT2D eigenvalue weighted by molar-refractivity contribution is 6.01. The summed E-state index contributed by atoms with van der Waals surface area (Å²) in [6, 6.07) is 5.42. The molecule has 0 bridgehead atoms. The fraction of sp³-hybridized carbons (Fsp3) is 0.444. The van der Waals surface area contributed by atoms with Gasteiger partial charge in [-0.15, -0.1) is 0 Å². The molecule has 2 aromatic rings. The smallest absolute Gasteiger partial charge is 0.252 e. The zero-order valence-corrected chi connectivity index (χ0v) is 14.5. The number of hydrogen-bond acceptors (Lipinski definition) is 6. The van der Waals surface area contributed by atoms with E-state index in [1.807, 2.05) is 19.9 Å². The monoisotopic (exact) mass is 345 g/mol. The van der Waals surface area contributed by atoms with E-state index in [1.165, 1.54) is 0 Å². The predicted molar refractivity (Wildman–Crippen MR) is 94.1 cm³/mol. The second-order valence-corrected chi connectivity index (χ2v) is 6.25. The van der Waals surface area contributed by atoms with Gasteiger partial charge in [-0.25, -0.2) is 4.98 Å². The number of amides is 1. The summed E-state index contributed by atoms with van der Waals surface area (Å²) in [6.45, 7) is 6.37. The minimum atomic E-state index is -0.527. The first-order chi connectivity index (χ1) is 12.0. The van der Waals surface area contributed by atoms with Gasteiger partial charge in [0.2, 0.25) is 5.88 Å². The molecule has 0 aliphatic carbocycles. The van der Waals surface area contributed by atoms with Crippen LogP contribution >= 0.6 is 0 Å². The Morgan fingerprint density at radius 3 is 3.00 bits per heavy atom. The van der Waals surface area contributed by atoms with Gasteiger partial charge in [0.25, 0.3) is 5.91 Å². The van der Waals surface area contributed by atoms with Crippen molar-refractivity contribution in [2.24, 2.45) is 5.73 Å². The summed E-state index contributed by atoms with van der Waals surface area (Å²) < 4.78 is 17.1. The largest absolute Gasteiger partial charge is 0.490 e. The van der Waals surface area contributed by atoms with E-state index in [0.29, 0.717) is 30.4 Å². The molecule has 1 fully saturated rings. The third kappa shape index (κ3) is 4.18. The molecule has 1 atom stereocenters. The van der Waals surface area contributed by atoms with Crippen molar-refractivity contribution in [1.29, 1.82) is 0 Å². The van der Waals surface area contributed by atoms with Gasteiger partial charge in [-0.1, -0.05) is 0 Å². The van der Waals surface area contributed by atoms with Crippen molar-refractivity contribution in [2.45, 2.75) is 26.0 Å². The number of pyridine rings is 1. The first-order valence-electron chi connectivity index (χ1n) is 8.37. The van der Waals surface area contributed by atoms with E-state index in [-0.39, 0.29) is 12.1 Å². The molecule has 3 rings (SSSR count). The number of nitrogens with zero attached hydrogens (tertiary/aromatic N) is 1. The molecule has 2 heterocycles. The number of morpholine rings is 1. The lowest BCUT2D eigenvalue weighted by molar-refractivity contribution is 0.0588. The Balaban J connectivity index is 1.91. The van der Waals surface area contributed by atoms with Crippen LogP contribution in [0.25, 0.3) is 10.8 Å². The van der Waals surface area contributed by atoms with Crippen LogP contribution < -0.4 is 20.5 Å². The topological polar surface area (TPSA) is 95.7 Å². The number of ether oxygens (including phenoxy) is 3. The van der Waals surface area contributed by atoms with Crippen LogP contribution in [0, 0.1) is 0 Å². The maximum Gasteiger partial charge on any atom is 0.252 e. The molecular formula is C18H23N3O4. The number of aromatic nitrogens is 1. The van der Waals surface area contributed by atoms with Gasteiger partial charge in [0, 0.05) is 18.1 Å². The lowest BCUT2D eigenvalue weighted by Crippen LogP contribution is -2.44. The molecule has 7 nitrogen and oxygen atoms in total. The molecule has 0 spiro atoms. The van der Waals surface area contributed by atoms with Gasteiger partial charge >= 0.3 is 0 Å². The van der Waals surface area contributed by atoms with Crippen LogP contribution in [0.2, 0.25) is 0 Å². The van der Waals surface area contributed by atoms with Gasteiger partial charge in [0.15, 0.2) is 0 Å². The predicted octanol–water partition coefficient (Wildman–Crippen LogP) is 1.49. The summed E-state index contributed by atoms with van der Waals surface area (Å²) >= 11 is 0. The fourth-order valence-electron chi connectivity index (χ4n) is 2.74. The zero-order chi connectivity index (χ0) is 17.8. The van der Waals surface area contributed by atoms with Gasteiger partial charge < -0.3 is 25.3 Å². The molecule has 7 heteroatoms. The average molecular weight is 345 g/mol. The minimum Gasteiger partial charge on any atom is -0.490 e. The number of nitrogens with two attached hydrogens (primary N) is 1. The van der Waals surface area contributed by atoms with Crippen molar-refractivity contribution in [3.8, 4) is 11.6 Å². The third-order valence-electron chi connectivity index (χ3n) is 3.88. The summed E-state index contributed by atoms with van der Waals surface area (Å²) in [5.41, 5.74) is 5.84. The van der Waals surface area contributed by atoms with Crippen LogP contribution in [0.5, 0.6) is 11.6 Å². The normalized spacial score (nSPS) is 17.6. The van der Waals surface area contributed by atoms with Crippen molar-refractivity contribution < 1.29 is 19.0 Å². The van der Waals surface area contributed by atoms with Crippen LogP contribution in [-0.4, -0.2) is 49.4 Å². The SMILES string of the molecule is CC(C)Oc1cc2c(OCC3COCCN3)nccc2cc1C(N)=O. The summed E-state index contributed by atoms with van der Waals surface area (Å²) in [5.74, 6) is 0.404. The Hall–Kier alpha value is -2.38. The second-order valence-electron chi connectivity index (χ2n) is 6.25. The van der Waals surface area contributed by atoms with Gasteiger partial charge in [0.1, 0.15) is 12.4 Å². The number of fused-ring (bicyclic) bond motifs is 1. The molecule has 1 aliphatic rings. The highest BCUT2D eigenvalue weighted by atomic mass is 16.5. The van der Waals surface area contributed by atoms with E-state index in [1.54, 1.807) is 18.3 Å². The Morgan fingerprint density at radius 1 is 1.48 bits per heavy atom. The standard InChI is InChI=1S/C18H23N3O4/c1-11(2)25-16-8-14-12(7-15(16)17(19)22)3-4-21-18(14)24-10-13-9-23-6-5-20-13/h3-4,7-8,11,13,20H,5-6,9-10H2,1-2H3,(H2,19,22). The molecule has 1 aromatic heterocycles. The minimum absolute atomic E-state index is 0.0832. The Morgan fingerprint density at radius 2 is 2.32 bits per heavy atom. The second kappa shape index (κ2) is 7.67. The van der Waals surface area contributed by atoms with Crippen molar-refractivity contribution in [2.75, 3.05) is 26.4 Å². The Bertz CT molecular complexity index is 757. The fourth-order valence-corrected chi connectivity index (χ4v) is 2.74. The van der Waals surface area contributed by atoms with Crippen molar-refractivity contribution >= 4 is 16.7 Å². The summed E-state index contributed by atoms with van der Waals surface area (Å²) in [5, 5.41) is 4.93. The van der Waals surface area contributed by atoms with Gasteiger partial charge in [0.05, 0.1) is 30.9 Å². The van der Waals surface area contributed by atoms with Crippen LogP contribution in [0.15, 0.2) is 24.4 Å². The Labute approximate surface area is 146 Å². The molecule has 1 saturated heterocycles. The first kappa shape index (κ1) is 17.4. The number of nitrogens with one attached hydrogen (secondary N) is 1. The van der Waals surface area contributed by atoms with Crippen molar-refractivity contribution in [3.63, 3.8) is 0 Å². The maximum absolute atomic E-state index is 11.7. The molecule has 25 heavy (non-hydrogen) atoms. The van der Waals surface area contributed by atoms with Crippen LogP contribution in [0.1, 0.15) is 24.2 Å². The molecule has 134 valence electrons.